The standard InChI is InChI=1S/C9H9N9O2/c1-11-13-9(12-10)7-5(8-14-16-17-15-8)3-2-4-6(7)18(19)20/h2-4H,1,10H2,(H,12,13)(H,14,15,16,17). The van der Waals surface area contributed by atoms with Crippen LogP contribution in [-0.4, -0.2) is 38.1 Å². The number of H-pyrrole nitrogens is 1. The molecule has 11 nitrogen and oxygen atoms in total. The number of hydrogen-bond acceptors (Lipinski definition) is 8. The van der Waals surface area contributed by atoms with Crippen LogP contribution in [0.25, 0.3) is 11.4 Å². The molecular weight excluding hydrogens is 266 g/mol. The molecule has 11 heteroatoms. The summed E-state index contributed by atoms with van der Waals surface area (Å²) in [5, 5.41) is 31.2. The Morgan fingerprint density at radius 1 is 1.55 bits per heavy atom. The third kappa shape index (κ3) is 2.27. The lowest BCUT2D eigenvalue weighted by Gasteiger charge is -2.08. The third-order valence-corrected chi connectivity index (χ3v) is 2.38. The quantitative estimate of drug-likeness (QED) is 0.225. The van der Waals surface area contributed by atoms with Crippen LogP contribution in [0.5, 0.6) is 0 Å². The number of amidine groups is 1. The van der Waals surface area contributed by atoms with Gasteiger partial charge in [0.25, 0.3) is 5.69 Å². The van der Waals surface area contributed by atoms with Crippen molar-refractivity contribution in [1.29, 1.82) is 0 Å². The SMILES string of the molecule is C=NNC(=NN)c1c(-c2nn[nH]n2)cccc1[N+](=O)[O-]. The van der Waals surface area contributed by atoms with Crippen LogP contribution in [0.4, 0.5) is 5.69 Å². The van der Waals surface area contributed by atoms with E-state index in [1.165, 1.54) is 12.1 Å². The zero-order valence-corrected chi connectivity index (χ0v) is 10.0. The molecule has 0 radical (unpaired) electrons. The van der Waals surface area contributed by atoms with Crippen molar-refractivity contribution in [3.05, 3.63) is 33.9 Å². The number of benzene rings is 1. The molecule has 0 saturated heterocycles. The number of nitrogens with zero attached hydrogens (tertiary/aromatic N) is 6. The zero-order chi connectivity index (χ0) is 14.5. The smallest absolute Gasteiger partial charge is 0.281 e. The molecule has 1 aromatic heterocycles. The van der Waals surface area contributed by atoms with Gasteiger partial charge in [0.1, 0.15) is 5.56 Å². The predicted octanol–water partition coefficient (Wildman–Crippen LogP) is -0.400. The molecule has 0 saturated carbocycles. The van der Waals surface area contributed by atoms with E-state index in [0.29, 0.717) is 5.56 Å². The fourth-order valence-corrected chi connectivity index (χ4v) is 1.63. The first kappa shape index (κ1) is 13.1. The van der Waals surface area contributed by atoms with Gasteiger partial charge in [-0.3, -0.25) is 15.5 Å². The maximum absolute atomic E-state index is 11.1. The minimum Gasteiger partial charge on any atom is -0.321 e. The van der Waals surface area contributed by atoms with Crippen LogP contribution in [0.2, 0.25) is 0 Å². The van der Waals surface area contributed by atoms with E-state index in [1.54, 1.807) is 6.07 Å². The highest BCUT2D eigenvalue weighted by Crippen LogP contribution is 2.28. The number of hydrogen-bond donors (Lipinski definition) is 3. The fraction of sp³-hybridized carbons (Fsp3) is 0. The number of nitrogens with one attached hydrogen (secondary N) is 2. The van der Waals surface area contributed by atoms with Crippen molar-refractivity contribution in [3.8, 4) is 11.4 Å². The zero-order valence-electron chi connectivity index (χ0n) is 10.0. The third-order valence-electron chi connectivity index (χ3n) is 2.38. The Morgan fingerprint density at radius 2 is 2.35 bits per heavy atom. The van der Waals surface area contributed by atoms with Crippen LogP contribution in [0, 0.1) is 10.1 Å². The number of rotatable bonds is 4. The van der Waals surface area contributed by atoms with E-state index in [9.17, 15) is 10.1 Å². The summed E-state index contributed by atoms with van der Waals surface area (Å²) in [5.41, 5.74) is 2.58. The first-order valence-electron chi connectivity index (χ1n) is 5.20. The summed E-state index contributed by atoms with van der Waals surface area (Å²) in [6, 6.07) is 4.36. The van der Waals surface area contributed by atoms with Gasteiger partial charge in [-0.1, -0.05) is 6.07 Å². The summed E-state index contributed by atoms with van der Waals surface area (Å²) in [6.45, 7) is 3.22. The van der Waals surface area contributed by atoms with E-state index in [-0.39, 0.29) is 22.9 Å². The van der Waals surface area contributed by atoms with Crippen LogP contribution >= 0.6 is 0 Å². The summed E-state index contributed by atoms with van der Waals surface area (Å²) in [4.78, 5) is 10.6. The molecule has 0 fully saturated rings. The van der Waals surface area contributed by atoms with E-state index in [1.807, 2.05) is 0 Å². The van der Waals surface area contributed by atoms with Crippen molar-refractivity contribution in [2.24, 2.45) is 16.0 Å². The van der Waals surface area contributed by atoms with Crippen molar-refractivity contribution < 1.29 is 4.92 Å². The Hall–Kier alpha value is -3.37. The monoisotopic (exact) mass is 275 g/mol. The van der Waals surface area contributed by atoms with Gasteiger partial charge in [0.2, 0.25) is 5.82 Å². The molecule has 0 amide bonds. The molecule has 0 atom stereocenters. The Morgan fingerprint density at radius 3 is 2.90 bits per heavy atom. The van der Waals surface area contributed by atoms with Crippen LogP contribution in [0.3, 0.4) is 0 Å². The van der Waals surface area contributed by atoms with Crippen molar-refractivity contribution in [2.75, 3.05) is 0 Å². The highest BCUT2D eigenvalue weighted by atomic mass is 16.6. The Kier molecular flexibility index (Phi) is 3.60. The van der Waals surface area contributed by atoms with Crippen LogP contribution in [0.15, 0.2) is 28.4 Å². The number of hydrazone groups is 2. The molecule has 20 heavy (non-hydrogen) atoms. The van der Waals surface area contributed by atoms with E-state index in [2.05, 4.69) is 43.0 Å². The molecule has 0 spiro atoms. The molecule has 102 valence electrons. The first-order valence-corrected chi connectivity index (χ1v) is 5.20. The van der Waals surface area contributed by atoms with Crippen molar-refractivity contribution in [1.82, 2.24) is 26.0 Å². The molecule has 2 rings (SSSR count). The number of nitro benzene ring substituents is 1. The van der Waals surface area contributed by atoms with Gasteiger partial charge in [0.05, 0.1) is 4.92 Å². The Balaban J connectivity index is 2.72. The molecule has 1 aromatic carbocycles. The molecule has 0 aliphatic carbocycles. The van der Waals surface area contributed by atoms with Crippen LogP contribution < -0.4 is 11.3 Å². The minimum atomic E-state index is -0.575. The minimum absolute atomic E-state index is 0.0351. The summed E-state index contributed by atoms with van der Waals surface area (Å²) in [7, 11) is 0. The van der Waals surface area contributed by atoms with Crippen molar-refractivity contribution in [2.45, 2.75) is 0 Å². The molecule has 1 heterocycles. The Bertz CT molecular complexity index is 664. The average Bonchev–Trinajstić information content (AvgIpc) is 2.98. The van der Waals surface area contributed by atoms with Gasteiger partial charge >= 0.3 is 0 Å². The Labute approximate surface area is 111 Å². The second-order valence-corrected chi connectivity index (χ2v) is 3.44. The van der Waals surface area contributed by atoms with Gasteiger partial charge < -0.3 is 5.84 Å². The molecule has 2 aromatic rings. The molecular formula is C9H9N9O2. The first-order chi connectivity index (χ1) is 9.69. The van der Waals surface area contributed by atoms with Crippen LogP contribution in [0.1, 0.15) is 5.56 Å². The molecule has 0 bridgehead atoms. The molecule has 0 aliphatic rings. The topological polar surface area (TPSA) is 160 Å². The van der Waals surface area contributed by atoms with Crippen molar-refractivity contribution in [3.63, 3.8) is 0 Å². The second-order valence-electron chi connectivity index (χ2n) is 3.44. The number of aromatic amines is 1. The van der Waals surface area contributed by atoms with Gasteiger partial charge in [-0.05, 0) is 11.3 Å². The summed E-state index contributed by atoms with van der Waals surface area (Å²) in [5.74, 6) is 5.36. The lowest BCUT2D eigenvalue weighted by Crippen LogP contribution is -2.22. The lowest BCUT2D eigenvalue weighted by molar-refractivity contribution is -0.385. The largest absolute Gasteiger partial charge is 0.321 e. The summed E-state index contributed by atoms with van der Waals surface area (Å²) in [6.07, 6.45) is 0. The van der Waals surface area contributed by atoms with E-state index >= 15 is 0 Å². The number of tetrazole rings is 1. The number of aromatic nitrogens is 4. The van der Waals surface area contributed by atoms with Gasteiger partial charge in [-0.2, -0.15) is 15.4 Å². The molecule has 0 unspecified atom stereocenters. The molecule has 4 N–H and O–H groups in total. The summed E-state index contributed by atoms with van der Waals surface area (Å²) < 4.78 is 0. The van der Waals surface area contributed by atoms with Gasteiger partial charge in [0, 0.05) is 18.3 Å². The average molecular weight is 275 g/mol. The van der Waals surface area contributed by atoms with Gasteiger partial charge in [-0.25, -0.2) is 0 Å². The van der Waals surface area contributed by atoms with Gasteiger partial charge in [-0.15, -0.1) is 10.2 Å². The predicted molar refractivity (Wildman–Crippen MR) is 69.7 cm³/mol. The number of nitro groups is 1. The normalized spacial score (nSPS) is 11.1. The summed E-state index contributed by atoms with van der Waals surface area (Å²) >= 11 is 0. The molecule has 0 aliphatic heterocycles. The number of nitrogens with two attached hydrogens (primary N) is 1. The highest BCUT2D eigenvalue weighted by molar-refractivity contribution is 6.07. The lowest BCUT2D eigenvalue weighted by atomic mass is 10.0. The van der Waals surface area contributed by atoms with Crippen molar-refractivity contribution >= 4 is 18.2 Å². The van der Waals surface area contributed by atoms with E-state index in [4.69, 9.17) is 5.84 Å². The maximum atomic E-state index is 11.1. The highest BCUT2D eigenvalue weighted by Gasteiger charge is 2.24. The van der Waals surface area contributed by atoms with Gasteiger partial charge in [0.15, 0.2) is 5.84 Å². The fourth-order valence-electron chi connectivity index (χ4n) is 1.63. The second kappa shape index (κ2) is 5.51. The van der Waals surface area contributed by atoms with E-state index in [0.717, 1.165) is 0 Å². The van der Waals surface area contributed by atoms with E-state index < -0.39 is 4.92 Å². The maximum Gasteiger partial charge on any atom is 0.281 e. The van der Waals surface area contributed by atoms with Crippen LogP contribution in [-0.2, 0) is 0 Å².